The van der Waals surface area contributed by atoms with Gasteiger partial charge in [0.05, 0.1) is 12.1 Å². The Hall–Kier alpha value is -2.35. The normalized spacial score (nSPS) is 15.9. The van der Waals surface area contributed by atoms with E-state index in [0.29, 0.717) is 38.5 Å². The van der Waals surface area contributed by atoms with Gasteiger partial charge in [0.25, 0.3) is 5.91 Å². The average Bonchev–Trinajstić information content (AvgIpc) is 3.04. The Labute approximate surface area is 137 Å². The Balaban J connectivity index is 1.59. The zero-order valence-electron chi connectivity index (χ0n) is 12.9. The molecule has 1 aromatic carbocycles. The van der Waals surface area contributed by atoms with Gasteiger partial charge in [-0.2, -0.15) is 8.78 Å². The monoisotopic (exact) mass is 338 g/mol. The minimum atomic E-state index is -2.62. The highest BCUT2D eigenvalue weighted by Crippen LogP contribution is 2.16. The molecule has 1 aromatic heterocycles. The van der Waals surface area contributed by atoms with E-state index < -0.39 is 12.4 Å². The number of imidazole rings is 1. The first-order valence-electron chi connectivity index (χ1n) is 7.62. The first kappa shape index (κ1) is 16.5. The highest BCUT2D eigenvalue weighted by molar-refractivity contribution is 5.94. The molecule has 0 spiro atoms. The van der Waals surface area contributed by atoms with Crippen LogP contribution in [-0.4, -0.2) is 51.4 Å². The van der Waals surface area contributed by atoms with Crippen LogP contribution in [0.1, 0.15) is 22.7 Å². The number of hydrogen-bond donors (Lipinski definition) is 0. The zero-order valence-corrected chi connectivity index (χ0v) is 12.9. The van der Waals surface area contributed by atoms with Gasteiger partial charge in [-0.1, -0.05) is 12.1 Å². The standard InChI is InChI=1S/C16H17F3N4O/c17-13-4-2-1-3-12(13)15(24)22-9-7-21(8-10-22)11-14-20-5-6-23(14)16(18)19/h1-6,16H,7-11H2. The van der Waals surface area contributed by atoms with E-state index in [4.69, 9.17) is 0 Å². The van der Waals surface area contributed by atoms with Crippen LogP contribution in [0.2, 0.25) is 0 Å². The molecule has 1 amide bonds. The third kappa shape index (κ3) is 3.43. The maximum atomic E-state index is 13.7. The Morgan fingerprint density at radius 2 is 1.88 bits per heavy atom. The lowest BCUT2D eigenvalue weighted by molar-refractivity contribution is 0.0553. The summed E-state index contributed by atoms with van der Waals surface area (Å²) in [5, 5.41) is 0. The second kappa shape index (κ2) is 7.04. The maximum Gasteiger partial charge on any atom is 0.319 e. The van der Waals surface area contributed by atoms with E-state index in [-0.39, 0.29) is 11.5 Å². The number of benzene rings is 1. The lowest BCUT2D eigenvalue weighted by Crippen LogP contribution is -2.48. The fraction of sp³-hybridized carbons (Fsp3) is 0.375. The van der Waals surface area contributed by atoms with Crippen LogP contribution in [0.15, 0.2) is 36.7 Å². The summed E-state index contributed by atoms with van der Waals surface area (Å²) >= 11 is 0. The topological polar surface area (TPSA) is 41.4 Å². The van der Waals surface area contributed by atoms with E-state index in [1.807, 2.05) is 4.90 Å². The summed E-state index contributed by atoms with van der Waals surface area (Å²) in [5.74, 6) is -0.593. The molecule has 3 rings (SSSR count). The summed E-state index contributed by atoms with van der Waals surface area (Å²) in [6, 6.07) is 5.88. The van der Waals surface area contributed by atoms with Gasteiger partial charge in [-0.25, -0.2) is 9.37 Å². The molecule has 0 saturated carbocycles. The van der Waals surface area contributed by atoms with Crippen molar-refractivity contribution in [1.82, 2.24) is 19.4 Å². The van der Waals surface area contributed by atoms with Crippen LogP contribution in [0.5, 0.6) is 0 Å². The van der Waals surface area contributed by atoms with Crippen molar-refractivity contribution in [2.24, 2.45) is 0 Å². The van der Waals surface area contributed by atoms with E-state index in [2.05, 4.69) is 4.98 Å². The summed E-state index contributed by atoms with van der Waals surface area (Å²) in [5.41, 5.74) is 0.0548. The quantitative estimate of drug-likeness (QED) is 0.859. The molecule has 0 radical (unpaired) electrons. The molecule has 0 aliphatic carbocycles. The van der Waals surface area contributed by atoms with Crippen LogP contribution in [0.25, 0.3) is 0 Å². The van der Waals surface area contributed by atoms with E-state index in [9.17, 15) is 18.0 Å². The molecule has 1 fully saturated rings. The van der Waals surface area contributed by atoms with E-state index in [0.717, 1.165) is 4.57 Å². The smallest absolute Gasteiger partial charge is 0.319 e. The summed E-state index contributed by atoms with van der Waals surface area (Å²) < 4.78 is 40.2. The largest absolute Gasteiger partial charge is 0.336 e. The fourth-order valence-corrected chi connectivity index (χ4v) is 2.76. The number of nitrogens with zero attached hydrogens (tertiary/aromatic N) is 4. The minimum absolute atomic E-state index is 0.0548. The van der Waals surface area contributed by atoms with Gasteiger partial charge in [0, 0.05) is 38.6 Å². The number of rotatable bonds is 4. The molecule has 24 heavy (non-hydrogen) atoms. The number of aromatic nitrogens is 2. The first-order valence-corrected chi connectivity index (χ1v) is 7.62. The predicted molar refractivity (Wildman–Crippen MR) is 81.1 cm³/mol. The molecule has 1 aliphatic rings. The number of amides is 1. The van der Waals surface area contributed by atoms with E-state index in [1.54, 1.807) is 11.0 Å². The molecular weight excluding hydrogens is 321 g/mol. The molecule has 0 unspecified atom stereocenters. The van der Waals surface area contributed by atoms with E-state index >= 15 is 0 Å². The second-order valence-electron chi connectivity index (χ2n) is 5.58. The summed E-state index contributed by atoms with van der Waals surface area (Å²) in [4.78, 5) is 19.8. The molecule has 1 saturated heterocycles. The van der Waals surface area contributed by atoms with Crippen LogP contribution in [0.4, 0.5) is 13.2 Å². The van der Waals surface area contributed by atoms with Crippen molar-refractivity contribution < 1.29 is 18.0 Å². The molecule has 0 atom stereocenters. The molecular formula is C16H17F3N4O. The Morgan fingerprint density at radius 1 is 1.17 bits per heavy atom. The Bertz CT molecular complexity index is 711. The van der Waals surface area contributed by atoms with Crippen molar-refractivity contribution in [3.8, 4) is 0 Å². The van der Waals surface area contributed by atoms with Gasteiger partial charge in [0.15, 0.2) is 0 Å². The Kier molecular flexibility index (Phi) is 4.84. The van der Waals surface area contributed by atoms with Crippen LogP contribution >= 0.6 is 0 Å². The number of carbonyl (C=O) groups excluding carboxylic acids is 1. The van der Waals surface area contributed by atoms with Crippen molar-refractivity contribution in [1.29, 1.82) is 0 Å². The lowest BCUT2D eigenvalue weighted by atomic mass is 10.1. The number of alkyl halides is 2. The van der Waals surface area contributed by atoms with E-state index in [1.165, 1.54) is 30.6 Å². The number of halogens is 3. The molecule has 0 bridgehead atoms. The van der Waals surface area contributed by atoms with Crippen LogP contribution in [0.3, 0.4) is 0 Å². The highest BCUT2D eigenvalue weighted by atomic mass is 19.3. The van der Waals surface area contributed by atoms with Crippen molar-refractivity contribution in [3.05, 3.63) is 53.9 Å². The minimum Gasteiger partial charge on any atom is -0.336 e. The molecule has 8 heteroatoms. The molecule has 1 aliphatic heterocycles. The van der Waals surface area contributed by atoms with Crippen LogP contribution in [0, 0.1) is 5.82 Å². The number of carbonyl (C=O) groups is 1. The van der Waals surface area contributed by atoms with Crippen molar-refractivity contribution in [2.75, 3.05) is 26.2 Å². The van der Waals surface area contributed by atoms with Gasteiger partial charge in [-0.3, -0.25) is 14.3 Å². The zero-order chi connectivity index (χ0) is 17.1. The summed E-state index contributed by atoms with van der Waals surface area (Å²) in [7, 11) is 0. The van der Waals surface area contributed by atoms with Crippen molar-refractivity contribution in [3.63, 3.8) is 0 Å². The third-order valence-electron chi connectivity index (χ3n) is 4.09. The highest BCUT2D eigenvalue weighted by Gasteiger charge is 2.25. The molecule has 2 aromatic rings. The molecule has 128 valence electrons. The SMILES string of the molecule is O=C(c1ccccc1F)N1CCN(Cc2nccn2C(F)F)CC1. The first-order chi connectivity index (χ1) is 11.6. The molecule has 0 N–H and O–H groups in total. The third-order valence-corrected chi connectivity index (χ3v) is 4.09. The second-order valence-corrected chi connectivity index (χ2v) is 5.58. The van der Waals surface area contributed by atoms with Crippen LogP contribution in [-0.2, 0) is 6.54 Å². The number of hydrogen-bond acceptors (Lipinski definition) is 3. The Morgan fingerprint density at radius 3 is 2.54 bits per heavy atom. The van der Waals surface area contributed by atoms with Crippen molar-refractivity contribution >= 4 is 5.91 Å². The summed E-state index contributed by atoms with van der Waals surface area (Å²) in [6.07, 6.45) is 2.59. The summed E-state index contributed by atoms with van der Waals surface area (Å²) in [6.45, 7) is -0.442. The van der Waals surface area contributed by atoms with Gasteiger partial charge < -0.3 is 4.90 Å². The fourth-order valence-electron chi connectivity index (χ4n) is 2.76. The van der Waals surface area contributed by atoms with Crippen LogP contribution < -0.4 is 0 Å². The lowest BCUT2D eigenvalue weighted by Gasteiger charge is -2.34. The molecule has 5 nitrogen and oxygen atoms in total. The average molecular weight is 338 g/mol. The predicted octanol–water partition coefficient (Wildman–Crippen LogP) is 2.38. The van der Waals surface area contributed by atoms with Crippen molar-refractivity contribution in [2.45, 2.75) is 13.1 Å². The maximum absolute atomic E-state index is 13.7. The van der Waals surface area contributed by atoms with Gasteiger partial charge >= 0.3 is 6.55 Å². The molecule has 2 heterocycles. The van der Waals surface area contributed by atoms with Gasteiger partial charge in [0.1, 0.15) is 11.6 Å². The van der Waals surface area contributed by atoms with Gasteiger partial charge in [-0.15, -0.1) is 0 Å². The van der Waals surface area contributed by atoms with Gasteiger partial charge in [0.2, 0.25) is 0 Å². The van der Waals surface area contributed by atoms with Gasteiger partial charge in [-0.05, 0) is 12.1 Å². The number of piperazine rings is 1.